The number of hydrogen-bond donors (Lipinski definition) is 1. The van der Waals surface area contributed by atoms with Crippen LogP contribution in [0, 0.1) is 6.92 Å². The zero-order chi connectivity index (χ0) is 14.0. The van der Waals surface area contributed by atoms with Crippen molar-refractivity contribution in [3.63, 3.8) is 0 Å². The largest absolute Gasteiger partial charge is 0.321 e. The van der Waals surface area contributed by atoms with Crippen LogP contribution in [0.5, 0.6) is 0 Å². The van der Waals surface area contributed by atoms with Gasteiger partial charge in [-0.1, -0.05) is 11.6 Å². The molecule has 0 aliphatic rings. The summed E-state index contributed by atoms with van der Waals surface area (Å²) in [5.41, 5.74) is 2.09. The number of hydrogen-bond acceptors (Lipinski definition) is 2. The molecule has 98 valence electrons. The summed E-state index contributed by atoms with van der Waals surface area (Å²) in [5, 5.41) is 3.41. The van der Waals surface area contributed by atoms with Gasteiger partial charge in [0, 0.05) is 21.3 Å². The SMILES string of the molecule is Cc1cc(Br)c(NC(=O)c2ccnc(Br)c2)cc1Cl. The normalized spacial score (nSPS) is 10.3. The van der Waals surface area contributed by atoms with E-state index >= 15 is 0 Å². The van der Waals surface area contributed by atoms with E-state index in [0.29, 0.717) is 20.9 Å². The molecule has 0 saturated heterocycles. The van der Waals surface area contributed by atoms with Crippen LogP contribution < -0.4 is 5.32 Å². The number of halogens is 3. The number of nitrogens with zero attached hydrogens (tertiary/aromatic N) is 1. The van der Waals surface area contributed by atoms with Crippen molar-refractivity contribution in [3.05, 3.63) is 55.7 Å². The van der Waals surface area contributed by atoms with Crippen LogP contribution in [0.15, 0.2) is 39.5 Å². The molecule has 6 heteroatoms. The van der Waals surface area contributed by atoms with Gasteiger partial charge in [-0.05, 0) is 68.6 Å². The number of anilines is 1. The third kappa shape index (κ3) is 3.55. The van der Waals surface area contributed by atoms with Crippen LogP contribution >= 0.6 is 43.5 Å². The molecule has 2 rings (SSSR count). The number of carbonyl (C=O) groups excluding carboxylic acids is 1. The van der Waals surface area contributed by atoms with E-state index < -0.39 is 0 Å². The lowest BCUT2D eigenvalue weighted by Gasteiger charge is -2.09. The van der Waals surface area contributed by atoms with Gasteiger partial charge in [0.1, 0.15) is 4.60 Å². The first-order chi connectivity index (χ1) is 8.97. The average molecular weight is 404 g/mol. The molecule has 0 unspecified atom stereocenters. The second-order valence-electron chi connectivity index (χ2n) is 3.90. The molecule has 0 radical (unpaired) electrons. The smallest absolute Gasteiger partial charge is 0.255 e. The first-order valence-electron chi connectivity index (χ1n) is 5.36. The summed E-state index contributed by atoms with van der Waals surface area (Å²) in [6.45, 7) is 1.90. The fourth-order valence-corrected chi connectivity index (χ4v) is 2.57. The molecule has 0 aliphatic heterocycles. The molecule has 1 heterocycles. The number of aromatic nitrogens is 1. The zero-order valence-electron chi connectivity index (χ0n) is 9.88. The van der Waals surface area contributed by atoms with E-state index in [1.807, 2.05) is 13.0 Å². The fourth-order valence-electron chi connectivity index (χ4n) is 1.48. The molecule has 1 aromatic heterocycles. The Labute approximate surface area is 132 Å². The first-order valence-corrected chi connectivity index (χ1v) is 7.32. The minimum absolute atomic E-state index is 0.219. The molecule has 0 bridgehead atoms. The number of amides is 1. The minimum atomic E-state index is -0.219. The predicted molar refractivity (Wildman–Crippen MR) is 83.8 cm³/mol. The molecular weight excluding hydrogens is 395 g/mol. The van der Waals surface area contributed by atoms with E-state index in [4.69, 9.17) is 11.6 Å². The minimum Gasteiger partial charge on any atom is -0.321 e. The highest BCUT2D eigenvalue weighted by molar-refractivity contribution is 9.10. The zero-order valence-corrected chi connectivity index (χ0v) is 13.8. The maximum absolute atomic E-state index is 12.1. The monoisotopic (exact) mass is 402 g/mol. The molecule has 0 atom stereocenters. The van der Waals surface area contributed by atoms with Gasteiger partial charge in [0.15, 0.2) is 0 Å². The maximum Gasteiger partial charge on any atom is 0.255 e. The van der Waals surface area contributed by atoms with Crippen LogP contribution in [0.3, 0.4) is 0 Å². The van der Waals surface area contributed by atoms with Crippen molar-refractivity contribution in [2.75, 3.05) is 5.32 Å². The number of benzene rings is 1. The standard InChI is InChI=1S/C13H9Br2ClN2O/c1-7-4-9(14)11(6-10(7)16)18-13(19)8-2-3-17-12(15)5-8/h2-6H,1H3,(H,18,19). The Hall–Kier alpha value is -0.910. The van der Waals surface area contributed by atoms with Crippen LogP contribution in [-0.4, -0.2) is 10.9 Å². The first kappa shape index (κ1) is 14.5. The van der Waals surface area contributed by atoms with Gasteiger partial charge >= 0.3 is 0 Å². The van der Waals surface area contributed by atoms with Crippen LogP contribution in [0.25, 0.3) is 0 Å². The Kier molecular flexibility index (Phi) is 4.60. The van der Waals surface area contributed by atoms with Crippen molar-refractivity contribution in [2.45, 2.75) is 6.92 Å². The number of nitrogens with one attached hydrogen (secondary N) is 1. The number of pyridine rings is 1. The van der Waals surface area contributed by atoms with Crippen LogP contribution in [0.2, 0.25) is 5.02 Å². The summed E-state index contributed by atoms with van der Waals surface area (Å²) >= 11 is 12.7. The molecule has 0 spiro atoms. The molecule has 3 nitrogen and oxygen atoms in total. The Morgan fingerprint density at radius 3 is 2.74 bits per heavy atom. The van der Waals surface area contributed by atoms with Crippen molar-refractivity contribution in [1.82, 2.24) is 4.98 Å². The maximum atomic E-state index is 12.1. The number of aryl methyl sites for hydroxylation is 1. The van der Waals surface area contributed by atoms with E-state index in [0.717, 1.165) is 10.0 Å². The molecule has 1 amide bonds. The lowest BCUT2D eigenvalue weighted by Crippen LogP contribution is -2.12. The van der Waals surface area contributed by atoms with Crippen molar-refractivity contribution in [1.29, 1.82) is 0 Å². The quantitative estimate of drug-likeness (QED) is 0.729. The summed E-state index contributed by atoms with van der Waals surface area (Å²) in [7, 11) is 0. The molecule has 19 heavy (non-hydrogen) atoms. The predicted octanol–water partition coefficient (Wildman–Crippen LogP) is 4.82. The average Bonchev–Trinajstić information content (AvgIpc) is 2.36. The van der Waals surface area contributed by atoms with Crippen molar-refractivity contribution in [2.24, 2.45) is 0 Å². The van der Waals surface area contributed by atoms with E-state index in [2.05, 4.69) is 42.2 Å². The number of carbonyl (C=O) groups is 1. The topological polar surface area (TPSA) is 42.0 Å². The number of rotatable bonds is 2. The fraction of sp³-hybridized carbons (Fsp3) is 0.0769. The molecule has 0 saturated carbocycles. The Bertz CT molecular complexity index is 647. The van der Waals surface area contributed by atoms with Gasteiger partial charge in [0.05, 0.1) is 5.69 Å². The Balaban J connectivity index is 2.27. The Morgan fingerprint density at radius 2 is 2.05 bits per heavy atom. The van der Waals surface area contributed by atoms with Gasteiger partial charge < -0.3 is 5.32 Å². The van der Waals surface area contributed by atoms with E-state index in [-0.39, 0.29) is 5.91 Å². The summed E-state index contributed by atoms with van der Waals surface area (Å²) in [6.07, 6.45) is 1.57. The third-order valence-electron chi connectivity index (χ3n) is 2.49. The van der Waals surface area contributed by atoms with E-state index in [1.54, 1.807) is 24.4 Å². The second-order valence-corrected chi connectivity index (χ2v) is 5.98. The third-order valence-corrected chi connectivity index (χ3v) is 3.98. The molecule has 1 aromatic carbocycles. The van der Waals surface area contributed by atoms with Crippen molar-refractivity contribution >= 4 is 55.1 Å². The van der Waals surface area contributed by atoms with Gasteiger partial charge in [0.2, 0.25) is 0 Å². The summed E-state index contributed by atoms with van der Waals surface area (Å²) < 4.78 is 1.40. The molecule has 2 aromatic rings. The molecule has 1 N–H and O–H groups in total. The van der Waals surface area contributed by atoms with Gasteiger partial charge in [-0.25, -0.2) is 4.98 Å². The highest BCUT2D eigenvalue weighted by Crippen LogP contribution is 2.29. The van der Waals surface area contributed by atoms with Gasteiger partial charge in [-0.2, -0.15) is 0 Å². The lowest BCUT2D eigenvalue weighted by molar-refractivity contribution is 0.102. The van der Waals surface area contributed by atoms with Gasteiger partial charge in [-0.3, -0.25) is 4.79 Å². The van der Waals surface area contributed by atoms with Crippen LogP contribution in [0.1, 0.15) is 15.9 Å². The molecule has 0 aliphatic carbocycles. The molecular formula is C13H9Br2ClN2O. The van der Waals surface area contributed by atoms with Crippen molar-refractivity contribution in [3.8, 4) is 0 Å². The van der Waals surface area contributed by atoms with Crippen LogP contribution in [-0.2, 0) is 0 Å². The van der Waals surface area contributed by atoms with E-state index in [1.165, 1.54) is 0 Å². The molecule has 0 fully saturated rings. The highest BCUT2D eigenvalue weighted by atomic mass is 79.9. The highest BCUT2D eigenvalue weighted by Gasteiger charge is 2.10. The summed E-state index contributed by atoms with van der Waals surface area (Å²) in [5.74, 6) is -0.219. The van der Waals surface area contributed by atoms with Gasteiger partial charge in [-0.15, -0.1) is 0 Å². The van der Waals surface area contributed by atoms with Gasteiger partial charge in [0.25, 0.3) is 5.91 Å². The van der Waals surface area contributed by atoms with Crippen LogP contribution in [0.4, 0.5) is 5.69 Å². The summed E-state index contributed by atoms with van der Waals surface area (Å²) in [4.78, 5) is 16.1. The second kappa shape index (κ2) is 6.03. The lowest BCUT2D eigenvalue weighted by atomic mass is 10.2. The van der Waals surface area contributed by atoms with Crippen molar-refractivity contribution < 1.29 is 4.79 Å². The van der Waals surface area contributed by atoms with E-state index in [9.17, 15) is 4.79 Å². The summed E-state index contributed by atoms with van der Waals surface area (Å²) in [6, 6.07) is 6.87. The Morgan fingerprint density at radius 1 is 1.32 bits per heavy atom.